The van der Waals surface area contributed by atoms with Crippen LogP contribution >= 0.6 is 0 Å². The molecule has 0 aliphatic carbocycles. The maximum absolute atomic E-state index is 4.62. The second kappa shape index (κ2) is 3.54. The van der Waals surface area contributed by atoms with Gasteiger partial charge in [-0.3, -0.25) is 0 Å². The highest BCUT2D eigenvalue weighted by atomic mass is 15.4. The molecule has 0 aliphatic rings. The summed E-state index contributed by atoms with van der Waals surface area (Å²) in [6, 6.07) is 4.00. The summed E-state index contributed by atoms with van der Waals surface area (Å²) in [7, 11) is 0. The van der Waals surface area contributed by atoms with Gasteiger partial charge in [-0.25, -0.2) is 0 Å². The average Bonchev–Trinajstić information content (AvgIpc) is 2.58. The van der Waals surface area contributed by atoms with Crippen LogP contribution in [-0.4, -0.2) is 19.8 Å². The van der Waals surface area contributed by atoms with E-state index >= 15 is 0 Å². The number of aromatic nitrogens is 4. The fourth-order valence-corrected chi connectivity index (χ4v) is 1.57. The minimum Gasteiger partial charge on any atom is -0.197 e. The van der Waals surface area contributed by atoms with E-state index in [0.29, 0.717) is 5.92 Å². The Morgan fingerprint density at radius 2 is 1.81 bits per heavy atom. The summed E-state index contributed by atoms with van der Waals surface area (Å²) in [5.74, 6) is 1.25. The molecule has 16 heavy (non-hydrogen) atoms. The van der Waals surface area contributed by atoms with E-state index in [9.17, 15) is 0 Å². The van der Waals surface area contributed by atoms with E-state index in [-0.39, 0.29) is 5.41 Å². The summed E-state index contributed by atoms with van der Waals surface area (Å²) in [5.41, 5.74) is 1.92. The Morgan fingerprint density at radius 1 is 1.12 bits per heavy atom. The molecule has 0 aromatic carbocycles. The number of nitrogens with zero attached hydrogens (tertiary/aromatic N) is 4. The second-order valence-corrected chi connectivity index (χ2v) is 5.45. The fourth-order valence-electron chi connectivity index (χ4n) is 1.57. The molecular formula is C12H18N4. The first-order valence-electron chi connectivity index (χ1n) is 5.62. The van der Waals surface area contributed by atoms with Crippen molar-refractivity contribution in [1.82, 2.24) is 19.8 Å². The van der Waals surface area contributed by atoms with Crippen LogP contribution in [0.15, 0.2) is 12.1 Å². The highest BCUT2D eigenvalue weighted by Crippen LogP contribution is 2.21. The van der Waals surface area contributed by atoms with Gasteiger partial charge in [0, 0.05) is 11.3 Å². The van der Waals surface area contributed by atoms with Crippen molar-refractivity contribution in [2.75, 3.05) is 0 Å². The van der Waals surface area contributed by atoms with Crippen LogP contribution in [0.25, 0.3) is 5.65 Å². The normalized spacial score (nSPS) is 12.6. The lowest BCUT2D eigenvalue weighted by Gasteiger charge is -2.17. The molecule has 0 radical (unpaired) electrons. The maximum atomic E-state index is 4.62. The molecule has 0 saturated carbocycles. The van der Waals surface area contributed by atoms with Crippen LogP contribution in [0, 0.1) is 0 Å². The van der Waals surface area contributed by atoms with Crippen molar-refractivity contribution in [1.29, 1.82) is 0 Å². The minimum atomic E-state index is 0.0483. The number of hydrogen-bond acceptors (Lipinski definition) is 3. The largest absolute Gasteiger partial charge is 0.197 e. The monoisotopic (exact) mass is 218 g/mol. The van der Waals surface area contributed by atoms with E-state index in [1.54, 1.807) is 0 Å². The van der Waals surface area contributed by atoms with Crippen molar-refractivity contribution in [3.8, 4) is 0 Å². The van der Waals surface area contributed by atoms with Crippen molar-refractivity contribution in [3.05, 3.63) is 23.7 Å². The predicted octanol–water partition coefficient (Wildman–Crippen LogP) is 2.55. The second-order valence-electron chi connectivity index (χ2n) is 5.45. The molecule has 0 N–H and O–H groups in total. The molecule has 0 atom stereocenters. The summed E-state index contributed by atoms with van der Waals surface area (Å²) in [5, 5.41) is 12.9. The van der Waals surface area contributed by atoms with Crippen LogP contribution in [-0.2, 0) is 5.41 Å². The van der Waals surface area contributed by atoms with Crippen molar-refractivity contribution >= 4 is 5.65 Å². The molecule has 86 valence electrons. The Morgan fingerprint density at radius 3 is 2.38 bits per heavy atom. The fraction of sp³-hybridized carbons (Fsp3) is 0.583. The predicted molar refractivity (Wildman–Crippen MR) is 63.6 cm³/mol. The van der Waals surface area contributed by atoms with E-state index in [4.69, 9.17) is 0 Å². The molecule has 0 unspecified atom stereocenters. The lowest BCUT2D eigenvalue weighted by molar-refractivity contribution is 0.549. The molecular weight excluding hydrogens is 200 g/mol. The topological polar surface area (TPSA) is 43.1 Å². The van der Waals surface area contributed by atoms with E-state index < -0.39 is 0 Å². The first-order chi connectivity index (χ1) is 7.39. The Bertz CT molecular complexity index is 505. The summed E-state index contributed by atoms with van der Waals surface area (Å²) in [4.78, 5) is 0. The van der Waals surface area contributed by atoms with Gasteiger partial charge in [-0.15, -0.1) is 10.2 Å². The Hall–Kier alpha value is -1.45. The van der Waals surface area contributed by atoms with Gasteiger partial charge in [-0.1, -0.05) is 34.6 Å². The van der Waals surface area contributed by atoms with Crippen LogP contribution in [0.4, 0.5) is 0 Å². The molecule has 4 nitrogen and oxygen atoms in total. The lowest BCUT2D eigenvalue weighted by atomic mass is 9.92. The van der Waals surface area contributed by atoms with Crippen molar-refractivity contribution in [2.24, 2.45) is 0 Å². The first-order valence-corrected chi connectivity index (χ1v) is 5.62. The zero-order chi connectivity index (χ0) is 11.9. The molecule has 0 spiro atoms. The molecule has 0 aliphatic heterocycles. The molecule has 2 heterocycles. The van der Waals surface area contributed by atoms with E-state index in [2.05, 4.69) is 49.9 Å². The third-order valence-electron chi connectivity index (χ3n) is 2.57. The Balaban J connectivity index is 2.63. The van der Waals surface area contributed by atoms with Gasteiger partial charge in [0.25, 0.3) is 0 Å². The van der Waals surface area contributed by atoms with Crippen LogP contribution in [0.1, 0.15) is 52.1 Å². The van der Waals surface area contributed by atoms with E-state index in [0.717, 1.165) is 17.2 Å². The summed E-state index contributed by atoms with van der Waals surface area (Å²) in [6.07, 6.45) is 0. The standard InChI is InChI=1S/C12H18N4/c1-8(2)11-14-13-10-7-6-9(12(3,4)5)15-16(10)11/h6-8H,1-5H3. The SMILES string of the molecule is CC(C)c1nnc2ccc(C(C)(C)C)nn12. The Kier molecular flexibility index (Phi) is 2.45. The minimum absolute atomic E-state index is 0.0483. The highest BCUT2D eigenvalue weighted by molar-refractivity contribution is 5.37. The van der Waals surface area contributed by atoms with Gasteiger partial charge in [-0.2, -0.15) is 9.61 Å². The molecule has 2 aromatic heterocycles. The van der Waals surface area contributed by atoms with Gasteiger partial charge in [0.15, 0.2) is 11.5 Å². The molecule has 0 amide bonds. The van der Waals surface area contributed by atoms with Crippen molar-refractivity contribution < 1.29 is 0 Å². The van der Waals surface area contributed by atoms with Gasteiger partial charge < -0.3 is 0 Å². The van der Waals surface area contributed by atoms with Gasteiger partial charge in [-0.05, 0) is 12.1 Å². The highest BCUT2D eigenvalue weighted by Gasteiger charge is 2.18. The summed E-state index contributed by atoms with van der Waals surface area (Å²) >= 11 is 0. The molecule has 0 saturated heterocycles. The van der Waals surface area contributed by atoms with Gasteiger partial charge in [0.2, 0.25) is 0 Å². The smallest absolute Gasteiger partial charge is 0.177 e. The number of fused-ring (bicyclic) bond motifs is 1. The van der Waals surface area contributed by atoms with Gasteiger partial charge in [0.1, 0.15) is 0 Å². The maximum Gasteiger partial charge on any atom is 0.177 e. The Labute approximate surface area is 95.7 Å². The van der Waals surface area contributed by atoms with Crippen LogP contribution < -0.4 is 0 Å². The number of hydrogen-bond donors (Lipinski definition) is 0. The summed E-state index contributed by atoms with van der Waals surface area (Å²) < 4.78 is 1.85. The average molecular weight is 218 g/mol. The molecule has 2 rings (SSSR count). The number of rotatable bonds is 1. The van der Waals surface area contributed by atoms with Crippen LogP contribution in [0.5, 0.6) is 0 Å². The van der Waals surface area contributed by atoms with Crippen molar-refractivity contribution in [3.63, 3.8) is 0 Å². The molecule has 4 heteroatoms. The third kappa shape index (κ3) is 1.79. The van der Waals surface area contributed by atoms with E-state index in [1.165, 1.54) is 0 Å². The van der Waals surface area contributed by atoms with Gasteiger partial charge in [0.05, 0.1) is 5.69 Å². The zero-order valence-corrected chi connectivity index (χ0v) is 10.5. The van der Waals surface area contributed by atoms with Crippen molar-refractivity contribution in [2.45, 2.75) is 46.0 Å². The molecule has 0 bridgehead atoms. The third-order valence-corrected chi connectivity index (χ3v) is 2.57. The van der Waals surface area contributed by atoms with Gasteiger partial charge >= 0.3 is 0 Å². The molecule has 2 aromatic rings. The van der Waals surface area contributed by atoms with E-state index in [1.807, 2.05) is 16.6 Å². The summed E-state index contributed by atoms with van der Waals surface area (Å²) in [6.45, 7) is 10.7. The zero-order valence-electron chi connectivity index (χ0n) is 10.5. The van der Waals surface area contributed by atoms with Crippen LogP contribution in [0.2, 0.25) is 0 Å². The lowest BCUT2D eigenvalue weighted by Crippen LogP contribution is -2.16. The van der Waals surface area contributed by atoms with Crippen LogP contribution in [0.3, 0.4) is 0 Å². The quantitative estimate of drug-likeness (QED) is 0.738. The first kappa shape index (κ1) is 11.0. The molecule has 0 fully saturated rings.